The largest absolute Gasteiger partial charge is 0.310 e. The van der Waals surface area contributed by atoms with Crippen molar-refractivity contribution in [3.8, 4) is 55.6 Å². The lowest BCUT2D eigenvalue weighted by Gasteiger charge is -2.27. The van der Waals surface area contributed by atoms with E-state index in [1.54, 1.807) is 6.07 Å². The number of benzene rings is 11. The molecule has 0 bridgehead atoms. The molecule has 0 unspecified atom stereocenters. The zero-order valence-electron chi connectivity index (χ0n) is 41.0. The summed E-state index contributed by atoms with van der Waals surface area (Å²) in [6, 6.07) is 61.5. The van der Waals surface area contributed by atoms with Crippen LogP contribution in [0.3, 0.4) is 0 Å². The van der Waals surface area contributed by atoms with Gasteiger partial charge in [-0.3, -0.25) is 0 Å². The van der Waals surface area contributed by atoms with Gasteiger partial charge in [-0.1, -0.05) is 212 Å². The molecule has 0 saturated heterocycles. The van der Waals surface area contributed by atoms with E-state index >= 15 is 0 Å². The fourth-order valence-electron chi connectivity index (χ4n) is 8.46. The molecule has 11 aromatic carbocycles. The Balaban J connectivity index is 1.13. The van der Waals surface area contributed by atoms with Crippen LogP contribution < -0.4 is 4.90 Å². The molecule has 0 radical (unpaired) electrons. The predicted molar refractivity (Wildman–Crippen MR) is 261 cm³/mol. The second kappa shape index (κ2) is 15.6. The molecule has 0 fully saturated rings. The van der Waals surface area contributed by atoms with Crippen molar-refractivity contribution in [1.82, 2.24) is 0 Å². The molecule has 0 saturated carbocycles. The summed E-state index contributed by atoms with van der Waals surface area (Å²) in [6.07, 6.45) is 0. The normalized spacial score (nSPS) is 13.1. The Hall–Kier alpha value is -8.00. The predicted octanol–water partition coefficient (Wildman–Crippen LogP) is 17.0. The van der Waals surface area contributed by atoms with Crippen molar-refractivity contribution in [2.75, 3.05) is 4.90 Å². The third-order valence-electron chi connectivity index (χ3n) is 11.4. The zero-order valence-corrected chi connectivity index (χ0v) is 33.0. The van der Waals surface area contributed by atoms with Gasteiger partial charge in [-0.25, -0.2) is 0 Å². The Bertz CT molecular complexity index is 3760. The molecule has 61 heavy (non-hydrogen) atoms. The van der Waals surface area contributed by atoms with Crippen molar-refractivity contribution in [3.05, 3.63) is 249 Å². The molecule has 0 amide bonds. The minimum absolute atomic E-state index is 0.0994. The summed E-state index contributed by atoms with van der Waals surface area (Å²) in [6.45, 7) is 0. The maximum Gasteiger partial charge on any atom is 0.0645 e. The third kappa shape index (κ3) is 6.83. The summed E-state index contributed by atoms with van der Waals surface area (Å²) in [5.74, 6) is 0. The van der Waals surface area contributed by atoms with Gasteiger partial charge >= 0.3 is 0 Å². The van der Waals surface area contributed by atoms with Gasteiger partial charge in [-0.05, 0) is 124 Å². The van der Waals surface area contributed by atoms with Crippen molar-refractivity contribution >= 4 is 49.4 Å². The molecular formula is C60H41N. The highest BCUT2D eigenvalue weighted by Gasteiger charge is 2.17. The molecule has 286 valence electrons. The standard InChI is InChI=1S/C60H41N/c1-2-16-49(17-3-1)60-58-24-9-6-15-46(58)35-40-59(60)48-33-38-52(39-34-48)61(53-21-10-20-50(41-53)57-26-12-19-45-14-5-8-23-55(45)57)51-36-31-43(32-37-51)42-27-29-47(30-28-42)56-25-11-18-44-13-4-7-22-54(44)56/h1-41H/i31D,32D,33D,34D,36D,37D,38D,39D. The van der Waals surface area contributed by atoms with E-state index in [0.29, 0.717) is 16.8 Å². The van der Waals surface area contributed by atoms with E-state index < -0.39 is 24.2 Å². The molecule has 0 atom stereocenters. The van der Waals surface area contributed by atoms with Gasteiger partial charge in [0, 0.05) is 17.1 Å². The molecule has 11 aromatic rings. The summed E-state index contributed by atoms with van der Waals surface area (Å²) >= 11 is 0. The van der Waals surface area contributed by atoms with Gasteiger partial charge in [0.15, 0.2) is 0 Å². The van der Waals surface area contributed by atoms with Crippen LogP contribution in [0.2, 0.25) is 0 Å². The summed E-state index contributed by atoms with van der Waals surface area (Å²) in [7, 11) is 0. The zero-order chi connectivity index (χ0) is 47.5. The lowest BCUT2D eigenvalue weighted by Crippen LogP contribution is -2.10. The Morgan fingerprint density at radius 2 is 0.738 bits per heavy atom. The molecule has 0 aliphatic carbocycles. The molecule has 0 aliphatic heterocycles. The molecule has 0 N–H and O–H groups in total. The van der Waals surface area contributed by atoms with Crippen LogP contribution in [0, 0.1) is 0 Å². The van der Waals surface area contributed by atoms with Gasteiger partial charge in [0.2, 0.25) is 0 Å². The molecule has 0 heterocycles. The van der Waals surface area contributed by atoms with Crippen LogP contribution in [0.4, 0.5) is 17.1 Å². The fraction of sp³-hybridized carbons (Fsp3) is 0. The summed E-state index contributed by atoms with van der Waals surface area (Å²) in [5, 5.41) is 6.04. The number of hydrogen-bond donors (Lipinski definition) is 0. The minimum atomic E-state index is -0.404. The first-order valence-electron chi connectivity index (χ1n) is 24.4. The number of fused-ring (bicyclic) bond motifs is 3. The first-order chi connectivity index (χ1) is 33.6. The molecule has 0 aliphatic rings. The van der Waals surface area contributed by atoms with Crippen molar-refractivity contribution in [3.63, 3.8) is 0 Å². The fourth-order valence-corrected chi connectivity index (χ4v) is 8.46. The van der Waals surface area contributed by atoms with E-state index in [0.717, 1.165) is 65.7 Å². The van der Waals surface area contributed by atoms with Crippen LogP contribution >= 0.6 is 0 Å². The van der Waals surface area contributed by atoms with Crippen LogP contribution in [-0.4, -0.2) is 0 Å². The molecular weight excluding hydrogens is 735 g/mol. The number of anilines is 3. The van der Waals surface area contributed by atoms with Crippen molar-refractivity contribution in [2.45, 2.75) is 0 Å². The van der Waals surface area contributed by atoms with Crippen LogP contribution in [0.25, 0.3) is 88.0 Å². The Labute approximate surface area is 368 Å². The van der Waals surface area contributed by atoms with Gasteiger partial charge in [0.1, 0.15) is 0 Å². The van der Waals surface area contributed by atoms with Crippen LogP contribution in [0.5, 0.6) is 0 Å². The lowest BCUT2D eigenvalue weighted by atomic mass is 9.90. The quantitative estimate of drug-likeness (QED) is 0.148. The topological polar surface area (TPSA) is 3.24 Å². The third-order valence-corrected chi connectivity index (χ3v) is 11.4. The first kappa shape index (κ1) is 28.4. The van der Waals surface area contributed by atoms with Gasteiger partial charge < -0.3 is 4.90 Å². The Morgan fingerprint density at radius 3 is 1.38 bits per heavy atom. The van der Waals surface area contributed by atoms with E-state index in [9.17, 15) is 11.0 Å². The second-order valence-electron chi connectivity index (χ2n) is 15.0. The smallest absolute Gasteiger partial charge is 0.0645 e. The second-order valence-corrected chi connectivity index (χ2v) is 15.0. The molecule has 11 rings (SSSR count). The van der Waals surface area contributed by atoms with Crippen LogP contribution in [-0.2, 0) is 0 Å². The van der Waals surface area contributed by atoms with E-state index in [4.69, 9.17) is 0 Å². The molecule has 0 spiro atoms. The average molecular weight is 784 g/mol. The summed E-state index contributed by atoms with van der Waals surface area (Å²) in [4.78, 5) is 1.38. The monoisotopic (exact) mass is 783 g/mol. The van der Waals surface area contributed by atoms with Crippen LogP contribution in [0.1, 0.15) is 11.0 Å². The number of rotatable bonds is 8. The van der Waals surface area contributed by atoms with Crippen molar-refractivity contribution in [2.24, 2.45) is 0 Å². The van der Waals surface area contributed by atoms with E-state index in [2.05, 4.69) is 18.2 Å². The lowest BCUT2D eigenvalue weighted by molar-refractivity contribution is 1.28. The maximum atomic E-state index is 9.83. The maximum absolute atomic E-state index is 9.83. The first-order valence-corrected chi connectivity index (χ1v) is 20.4. The average Bonchev–Trinajstić information content (AvgIpc) is 3.39. The van der Waals surface area contributed by atoms with Gasteiger partial charge in [-0.2, -0.15) is 0 Å². The summed E-state index contributed by atoms with van der Waals surface area (Å²) < 4.78 is 77.7. The van der Waals surface area contributed by atoms with E-state index in [1.165, 1.54) is 4.90 Å². The number of hydrogen-bond acceptors (Lipinski definition) is 1. The molecule has 1 heteroatoms. The van der Waals surface area contributed by atoms with Crippen molar-refractivity contribution in [1.29, 1.82) is 0 Å². The minimum Gasteiger partial charge on any atom is -0.310 e. The Morgan fingerprint density at radius 1 is 0.262 bits per heavy atom. The number of nitrogens with zero attached hydrogens (tertiary/aromatic N) is 1. The Kier molecular flexibility index (Phi) is 7.29. The van der Waals surface area contributed by atoms with E-state index in [-0.39, 0.29) is 46.7 Å². The van der Waals surface area contributed by atoms with Gasteiger partial charge in [0.25, 0.3) is 0 Å². The van der Waals surface area contributed by atoms with Gasteiger partial charge in [-0.15, -0.1) is 0 Å². The van der Waals surface area contributed by atoms with Crippen LogP contribution in [0.15, 0.2) is 249 Å². The SMILES string of the molecule is [2H]c1c([2H])c(N(c2cccc(-c3cccc4ccccc34)c2)c2c([2H])c([2H])c(-c3ccc4ccccc4c3-c3ccccc3)c([2H])c2[2H])c([2H])c([2H])c1-c1ccc(-c2cccc3ccccc23)cc1. The highest BCUT2D eigenvalue weighted by molar-refractivity contribution is 6.04. The van der Waals surface area contributed by atoms with Crippen molar-refractivity contribution < 1.29 is 11.0 Å². The molecule has 0 aromatic heterocycles. The van der Waals surface area contributed by atoms with E-state index in [1.807, 2.05) is 176 Å². The highest BCUT2D eigenvalue weighted by Crippen LogP contribution is 2.42. The highest BCUT2D eigenvalue weighted by atomic mass is 15.1. The summed E-state index contributed by atoms with van der Waals surface area (Å²) in [5.41, 5.74) is 6.37. The van der Waals surface area contributed by atoms with Gasteiger partial charge in [0.05, 0.1) is 11.0 Å². The molecule has 1 nitrogen and oxygen atoms in total.